The fraction of sp³-hybridized carbons (Fsp3) is 0.242. The van der Waals surface area contributed by atoms with Crippen molar-refractivity contribution in [3.63, 3.8) is 0 Å². The van der Waals surface area contributed by atoms with E-state index in [2.05, 4.69) is 32.9 Å². The third-order valence-corrected chi connectivity index (χ3v) is 8.61. The van der Waals surface area contributed by atoms with E-state index in [0.29, 0.717) is 20.6 Å². The van der Waals surface area contributed by atoms with E-state index in [4.69, 9.17) is 9.73 Å². The molecule has 0 aliphatic carbocycles. The SMILES string of the molecule is CCOC(=O)C1=C(c2ccccc2)N=c2s/c(=C\c3ccc(C(C)(C)C)cc3)c(=O)n2[C@@H]1c1ccc(SC)cc1. The van der Waals surface area contributed by atoms with E-state index < -0.39 is 12.0 Å². The number of aromatic nitrogens is 1. The van der Waals surface area contributed by atoms with Crippen LogP contribution in [0.3, 0.4) is 0 Å². The number of carbonyl (C=O) groups is 1. The molecule has 0 unspecified atom stereocenters. The summed E-state index contributed by atoms with van der Waals surface area (Å²) in [4.78, 5) is 34.1. The average molecular weight is 569 g/mol. The zero-order chi connectivity index (χ0) is 28.4. The lowest BCUT2D eigenvalue weighted by Crippen LogP contribution is -2.40. The van der Waals surface area contributed by atoms with Gasteiger partial charge in [-0.3, -0.25) is 9.36 Å². The highest BCUT2D eigenvalue weighted by molar-refractivity contribution is 7.98. The number of ether oxygens (including phenoxy) is 1. The van der Waals surface area contributed by atoms with Crippen molar-refractivity contribution in [2.45, 2.75) is 44.0 Å². The normalized spacial score (nSPS) is 15.5. The molecule has 5 rings (SSSR count). The number of esters is 1. The number of benzene rings is 3. The summed E-state index contributed by atoms with van der Waals surface area (Å²) in [5.74, 6) is -0.476. The molecular formula is C33H32N2O3S2. The summed E-state index contributed by atoms with van der Waals surface area (Å²) in [7, 11) is 0. The van der Waals surface area contributed by atoms with Crippen molar-refractivity contribution in [1.82, 2.24) is 4.57 Å². The second-order valence-electron chi connectivity index (χ2n) is 10.6. The number of hydrogen-bond acceptors (Lipinski definition) is 6. The molecule has 0 spiro atoms. The van der Waals surface area contributed by atoms with Crippen LogP contribution in [0.25, 0.3) is 11.8 Å². The first-order valence-corrected chi connectivity index (χ1v) is 15.3. The maximum absolute atomic E-state index is 14.0. The maximum Gasteiger partial charge on any atom is 0.338 e. The molecule has 3 aromatic carbocycles. The van der Waals surface area contributed by atoms with E-state index in [0.717, 1.165) is 21.6 Å². The van der Waals surface area contributed by atoms with E-state index >= 15 is 0 Å². The first kappa shape index (κ1) is 27.9. The Morgan fingerprint density at radius 2 is 1.70 bits per heavy atom. The number of fused-ring (bicyclic) bond motifs is 1. The van der Waals surface area contributed by atoms with E-state index in [1.165, 1.54) is 16.9 Å². The molecule has 1 aromatic heterocycles. The lowest BCUT2D eigenvalue weighted by Gasteiger charge is -2.26. The van der Waals surface area contributed by atoms with Crippen LogP contribution in [0.4, 0.5) is 0 Å². The van der Waals surface area contributed by atoms with Gasteiger partial charge in [0.2, 0.25) is 0 Å². The van der Waals surface area contributed by atoms with Gasteiger partial charge >= 0.3 is 5.97 Å². The number of thioether (sulfide) groups is 1. The van der Waals surface area contributed by atoms with Crippen molar-refractivity contribution in [1.29, 1.82) is 0 Å². The number of carbonyl (C=O) groups excluding carboxylic acids is 1. The van der Waals surface area contributed by atoms with Gasteiger partial charge in [0.15, 0.2) is 4.80 Å². The summed E-state index contributed by atoms with van der Waals surface area (Å²) >= 11 is 2.98. The molecule has 5 nitrogen and oxygen atoms in total. The van der Waals surface area contributed by atoms with Crippen molar-refractivity contribution in [3.05, 3.63) is 126 Å². The predicted molar refractivity (Wildman–Crippen MR) is 164 cm³/mol. The Morgan fingerprint density at radius 3 is 2.30 bits per heavy atom. The van der Waals surface area contributed by atoms with Gasteiger partial charge in [-0.05, 0) is 53.5 Å². The van der Waals surface area contributed by atoms with Crippen LogP contribution in [0.15, 0.2) is 99.1 Å². The van der Waals surface area contributed by atoms with Crippen LogP contribution in [-0.2, 0) is 14.9 Å². The smallest absolute Gasteiger partial charge is 0.338 e. The highest BCUT2D eigenvalue weighted by Gasteiger charge is 2.35. The number of nitrogens with zero attached hydrogens (tertiary/aromatic N) is 2. The Labute approximate surface area is 242 Å². The highest BCUT2D eigenvalue weighted by atomic mass is 32.2. The first-order chi connectivity index (χ1) is 19.2. The van der Waals surface area contributed by atoms with Gasteiger partial charge in [0, 0.05) is 10.5 Å². The largest absolute Gasteiger partial charge is 0.463 e. The van der Waals surface area contributed by atoms with Gasteiger partial charge < -0.3 is 4.74 Å². The lowest BCUT2D eigenvalue weighted by atomic mass is 9.87. The number of hydrogen-bond donors (Lipinski definition) is 0. The summed E-state index contributed by atoms with van der Waals surface area (Å²) in [6.07, 6.45) is 3.92. The molecule has 0 N–H and O–H groups in total. The van der Waals surface area contributed by atoms with Crippen LogP contribution in [0.2, 0.25) is 0 Å². The Balaban J connectivity index is 1.76. The molecule has 2 heterocycles. The highest BCUT2D eigenvalue weighted by Crippen LogP contribution is 2.35. The van der Waals surface area contributed by atoms with Crippen LogP contribution in [-0.4, -0.2) is 23.4 Å². The van der Waals surface area contributed by atoms with Crippen LogP contribution in [0, 0.1) is 0 Å². The predicted octanol–water partition coefficient (Wildman–Crippen LogP) is 5.96. The maximum atomic E-state index is 14.0. The zero-order valence-corrected chi connectivity index (χ0v) is 24.9. The molecule has 1 atom stereocenters. The molecule has 0 saturated carbocycles. The second-order valence-corrected chi connectivity index (χ2v) is 12.5. The summed E-state index contributed by atoms with van der Waals surface area (Å²) in [6.45, 7) is 8.53. The van der Waals surface area contributed by atoms with Gasteiger partial charge in [0.05, 0.1) is 28.5 Å². The quantitative estimate of drug-likeness (QED) is 0.213. The van der Waals surface area contributed by atoms with Crippen LogP contribution < -0.4 is 14.9 Å². The topological polar surface area (TPSA) is 60.7 Å². The number of thiazole rings is 1. The Morgan fingerprint density at radius 1 is 1.02 bits per heavy atom. The third-order valence-electron chi connectivity index (χ3n) is 6.88. The minimum atomic E-state index is -0.674. The summed E-state index contributed by atoms with van der Waals surface area (Å²) in [6, 6.07) is 25.2. The molecule has 0 saturated heterocycles. The van der Waals surface area contributed by atoms with Gasteiger partial charge in [-0.1, -0.05) is 98.8 Å². The molecule has 0 radical (unpaired) electrons. The van der Waals surface area contributed by atoms with E-state index in [9.17, 15) is 9.59 Å². The van der Waals surface area contributed by atoms with E-state index in [1.807, 2.05) is 79.1 Å². The van der Waals surface area contributed by atoms with E-state index in [-0.39, 0.29) is 17.6 Å². The van der Waals surface area contributed by atoms with Crippen molar-refractivity contribution >= 4 is 40.8 Å². The standard InChI is InChI=1S/C33H32N2O3S2/c1-6-38-31(37)27-28(22-10-8-7-9-11-22)34-32-35(29(27)23-14-18-25(39-5)19-15-23)30(36)26(40-32)20-21-12-16-24(17-13-21)33(2,3)4/h7-20,29H,6H2,1-5H3/b26-20-/t29-/m1/s1. The molecule has 0 fully saturated rings. The molecule has 204 valence electrons. The van der Waals surface area contributed by atoms with Gasteiger partial charge in [-0.15, -0.1) is 11.8 Å². The molecule has 7 heteroatoms. The first-order valence-electron chi connectivity index (χ1n) is 13.2. The zero-order valence-electron chi connectivity index (χ0n) is 23.3. The summed E-state index contributed by atoms with van der Waals surface area (Å²) in [5, 5.41) is 0. The molecule has 1 aliphatic rings. The minimum absolute atomic E-state index is 0.0427. The van der Waals surface area contributed by atoms with Crippen molar-refractivity contribution in [2.24, 2.45) is 4.99 Å². The molecule has 1 aliphatic heterocycles. The fourth-order valence-corrected chi connectivity index (χ4v) is 6.18. The van der Waals surface area contributed by atoms with Crippen molar-refractivity contribution < 1.29 is 9.53 Å². The lowest BCUT2D eigenvalue weighted by molar-refractivity contribution is -0.138. The Bertz CT molecular complexity index is 1740. The van der Waals surface area contributed by atoms with Crippen molar-refractivity contribution in [2.75, 3.05) is 12.9 Å². The van der Waals surface area contributed by atoms with Gasteiger partial charge in [-0.25, -0.2) is 9.79 Å². The second kappa shape index (κ2) is 11.4. The molecular weight excluding hydrogens is 537 g/mol. The molecule has 4 aromatic rings. The van der Waals surface area contributed by atoms with Crippen LogP contribution in [0.1, 0.15) is 56.0 Å². The van der Waals surface area contributed by atoms with Gasteiger partial charge in [0.1, 0.15) is 0 Å². The van der Waals surface area contributed by atoms with Gasteiger partial charge in [-0.2, -0.15) is 0 Å². The molecule has 40 heavy (non-hydrogen) atoms. The number of rotatable bonds is 6. The summed E-state index contributed by atoms with van der Waals surface area (Å²) in [5.41, 5.74) is 4.54. The van der Waals surface area contributed by atoms with Crippen LogP contribution >= 0.6 is 23.1 Å². The third kappa shape index (κ3) is 5.49. The van der Waals surface area contributed by atoms with Crippen molar-refractivity contribution in [3.8, 4) is 0 Å². The Kier molecular flexibility index (Phi) is 7.97. The van der Waals surface area contributed by atoms with Gasteiger partial charge in [0.25, 0.3) is 5.56 Å². The van der Waals surface area contributed by atoms with E-state index in [1.54, 1.807) is 23.3 Å². The monoisotopic (exact) mass is 568 g/mol. The minimum Gasteiger partial charge on any atom is -0.463 e. The molecule has 0 bridgehead atoms. The van der Waals surface area contributed by atoms with Crippen LogP contribution in [0.5, 0.6) is 0 Å². The Hall–Kier alpha value is -3.68. The average Bonchev–Trinajstić information content (AvgIpc) is 3.26. The summed E-state index contributed by atoms with van der Waals surface area (Å²) < 4.78 is 7.75. The molecule has 0 amide bonds. The fourth-order valence-electron chi connectivity index (χ4n) is 4.77.